The highest BCUT2D eigenvalue weighted by atomic mass is 79.9. The Morgan fingerprint density at radius 1 is 1.28 bits per heavy atom. The third kappa shape index (κ3) is 3.15. The first kappa shape index (κ1) is 14.5. The molecule has 0 saturated carbocycles. The van der Waals surface area contributed by atoms with E-state index in [9.17, 15) is 0 Å². The zero-order valence-electron chi connectivity index (χ0n) is 9.29. The Kier molecular flexibility index (Phi) is 5.24. The predicted molar refractivity (Wildman–Crippen MR) is 84.9 cm³/mol. The zero-order valence-corrected chi connectivity index (χ0v) is 14.0. The van der Waals surface area contributed by atoms with Crippen LogP contribution in [-0.2, 0) is 6.42 Å². The van der Waals surface area contributed by atoms with Crippen LogP contribution < -0.4 is 11.3 Å². The summed E-state index contributed by atoms with van der Waals surface area (Å²) in [4.78, 5) is 1.24. The Balaban J connectivity index is 2.29. The summed E-state index contributed by atoms with van der Waals surface area (Å²) in [5.41, 5.74) is 3.83. The summed E-state index contributed by atoms with van der Waals surface area (Å²) in [7, 11) is 0. The van der Waals surface area contributed by atoms with Gasteiger partial charge in [-0.05, 0) is 54.9 Å². The summed E-state index contributed by atoms with van der Waals surface area (Å²) in [5, 5.41) is 2.75. The van der Waals surface area contributed by atoms with Crippen molar-refractivity contribution in [2.24, 2.45) is 5.84 Å². The van der Waals surface area contributed by atoms with E-state index in [-0.39, 0.29) is 6.04 Å². The van der Waals surface area contributed by atoms with Crippen molar-refractivity contribution in [3.8, 4) is 0 Å². The van der Waals surface area contributed by atoms with Crippen LogP contribution in [0.15, 0.2) is 38.6 Å². The van der Waals surface area contributed by atoms with Crippen LogP contribution in [-0.4, -0.2) is 0 Å². The predicted octanol–water partition coefficient (Wildman–Crippen LogP) is 4.67. The second kappa shape index (κ2) is 6.50. The van der Waals surface area contributed by atoms with Crippen molar-refractivity contribution in [1.29, 1.82) is 0 Å². The Labute approximate surface area is 132 Å². The second-order valence-electron chi connectivity index (χ2n) is 3.76. The van der Waals surface area contributed by atoms with Gasteiger partial charge in [-0.2, -0.15) is 0 Å². The van der Waals surface area contributed by atoms with Gasteiger partial charge in [0.25, 0.3) is 0 Å². The fourth-order valence-corrected chi connectivity index (χ4v) is 3.90. The Bertz CT molecular complexity index is 545. The van der Waals surface area contributed by atoms with E-state index >= 15 is 0 Å². The van der Waals surface area contributed by atoms with Gasteiger partial charge in [-0.25, -0.2) is 0 Å². The van der Waals surface area contributed by atoms with Crippen molar-refractivity contribution in [2.75, 3.05) is 0 Å². The SMILES string of the molecule is NNC(Cc1sccc1Br)c1cccc(Br)c1Cl. The molecule has 0 amide bonds. The number of nitrogens with one attached hydrogen (secondary N) is 1. The maximum absolute atomic E-state index is 6.30. The smallest absolute Gasteiger partial charge is 0.0596 e. The first-order chi connectivity index (χ1) is 8.63. The van der Waals surface area contributed by atoms with E-state index in [0.717, 1.165) is 20.9 Å². The number of thiophene rings is 1. The molecule has 1 heterocycles. The third-order valence-electron chi connectivity index (χ3n) is 2.64. The fraction of sp³-hybridized carbons (Fsp3) is 0.167. The molecule has 0 aliphatic rings. The molecular weight excluding hydrogens is 399 g/mol. The molecule has 2 aromatic rings. The summed E-state index contributed by atoms with van der Waals surface area (Å²) < 4.78 is 1.99. The molecule has 96 valence electrons. The molecule has 0 spiro atoms. The van der Waals surface area contributed by atoms with E-state index in [1.807, 2.05) is 24.3 Å². The lowest BCUT2D eigenvalue weighted by molar-refractivity contribution is 0.555. The number of hydrogen-bond donors (Lipinski definition) is 2. The van der Waals surface area contributed by atoms with Gasteiger partial charge in [0.15, 0.2) is 0 Å². The monoisotopic (exact) mass is 408 g/mol. The molecular formula is C12H11Br2ClN2S. The van der Waals surface area contributed by atoms with Crippen molar-refractivity contribution in [1.82, 2.24) is 5.43 Å². The Hall–Kier alpha value is 0.0900. The van der Waals surface area contributed by atoms with E-state index < -0.39 is 0 Å². The van der Waals surface area contributed by atoms with Gasteiger partial charge in [0.05, 0.1) is 11.1 Å². The van der Waals surface area contributed by atoms with Crippen LogP contribution in [0.3, 0.4) is 0 Å². The summed E-state index contributed by atoms with van der Waals surface area (Å²) in [6, 6.07) is 7.89. The van der Waals surface area contributed by atoms with E-state index in [4.69, 9.17) is 17.4 Å². The lowest BCUT2D eigenvalue weighted by Crippen LogP contribution is -2.29. The van der Waals surface area contributed by atoms with Crippen molar-refractivity contribution < 1.29 is 0 Å². The molecule has 2 rings (SSSR count). The third-order valence-corrected chi connectivity index (χ3v) is 5.90. The number of hydrazine groups is 1. The van der Waals surface area contributed by atoms with E-state index in [0.29, 0.717) is 5.02 Å². The average Bonchev–Trinajstić information content (AvgIpc) is 2.76. The normalized spacial score (nSPS) is 12.7. The van der Waals surface area contributed by atoms with Crippen LogP contribution in [0.5, 0.6) is 0 Å². The molecule has 1 aromatic carbocycles. The molecule has 0 saturated heterocycles. The molecule has 1 unspecified atom stereocenters. The molecule has 0 bridgehead atoms. The van der Waals surface area contributed by atoms with Crippen LogP contribution >= 0.6 is 54.8 Å². The second-order valence-corrected chi connectivity index (χ2v) is 6.85. The number of nitrogens with two attached hydrogens (primary N) is 1. The Morgan fingerprint density at radius 2 is 2.06 bits per heavy atom. The maximum atomic E-state index is 6.30. The number of halogens is 3. The van der Waals surface area contributed by atoms with Gasteiger partial charge in [-0.3, -0.25) is 11.3 Å². The topological polar surface area (TPSA) is 38.0 Å². The lowest BCUT2D eigenvalue weighted by atomic mass is 10.0. The van der Waals surface area contributed by atoms with Crippen LogP contribution in [0.4, 0.5) is 0 Å². The summed E-state index contributed by atoms with van der Waals surface area (Å²) in [5.74, 6) is 5.66. The standard InChI is InChI=1S/C12H11Br2ClN2S/c13-8-4-5-18-11(8)6-10(17-16)7-2-1-3-9(14)12(7)15/h1-5,10,17H,6,16H2. The fourth-order valence-electron chi connectivity index (χ4n) is 1.70. The minimum Gasteiger partial charge on any atom is -0.271 e. The highest BCUT2D eigenvalue weighted by molar-refractivity contribution is 9.10. The largest absolute Gasteiger partial charge is 0.271 e. The van der Waals surface area contributed by atoms with Gasteiger partial charge in [-0.15, -0.1) is 11.3 Å². The minimum absolute atomic E-state index is 0.00931. The van der Waals surface area contributed by atoms with Crippen molar-refractivity contribution in [3.05, 3.63) is 54.1 Å². The van der Waals surface area contributed by atoms with Gasteiger partial charge in [-0.1, -0.05) is 23.7 Å². The first-order valence-corrected chi connectivity index (χ1v) is 8.09. The number of hydrogen-bond acceptors (Lipinski definition) is 3. The molecule has 1 aromatic heterocycles. The Morgan fingerprint density at radius 3 is 2.67 bits per heavy atom. The van der Waals surface area contributed by atoms with Crippen LogP contribution in [0, 0.1) is 0 Å². The highest BCUT2D eigenvalue weighted by Crippen LogP contribution is 2.33. The molecule has 18 heavy (non-hydrogen) atoms. The molecule has 3 N–H and O–H groups in total. The minimum atomic E-state index is -0.00931. The number of benzene rings is 1. The summed E-state index contributed by atoms with van der Waals surface area (Å²) >= 11 is 15.0. The summed E-state index contributed by atoms with van der Waals surface area (Å²) in [6.07, 6.45) is 0.797. The first-order valence-electron chi connectivity index (χ1n) is 5.25. The molecule has 0 aliphatic carbocycles. The maximum Gasteiger partial charge on any atom is 0.0596 e. The van der Waals surface area contributed by atoms with Gasteiger partial charge in [0, 0.05) is 20.2 Å². The van der Waals surface area contributed by atoms with Crippen LogP contribution in [0.2, 0.25) is 5.02 Å². The highest BCUT2D eigenvalue weighted by Gasteiger charge is 2.17. The van der Waals surface area contributed by atoms with Crippen LogP contribution in [0.1, 0.15) is 16.5 Å². The zero-order chi connectivity index (χ0) is 13.1. The number of rotatable bonds is 4. The molecule has 0 fully saturated rings. The van der Waals surface area contributed by atoms with Crippen molar-refractivity contribution >= 4 is 54.8 Å². The molecule has 1 atom stereocenters. The average molecular weight is 411 g/mol. The molecule has 6 heteroatoms. The lowest BCUT2D eigenvalue weighted by Gasteiger charge is -2.18. The van der Waals surface area contributed by atoms with E-state index in [1.165, 1.54) is 4.88 Å². The van der Waals surface area contributed by atoms with E-state index in [1.54, 1.807) is 11.3 Å². The van der Waals surface area contributed by atoms with Gasteiger partial charge >= 0.3 is 0 Å². The molecule has 0 radical (unpaired) electrons. The summed E-state index contributed by atoms with van der Waals surface area (Å²) in [6.45, 7) is 0. The van der Waals surface area contributed by atoms with E-state index in [2.05, 4.69) is 42.7 Å². The van der Waals surface area contributed by atoms with Gasteiger partial charge in [0.2, 0.25) is 0 Å². The molecule has 0 aliphatic heterocycles. The van der Waals surface area contributed by atoms with Crippen molar-refractivity contribution in [2.45, 2.75) is 12.5 Å². The van der Waals surface area contributed by atoms with Gasteiger partial charge < -0.3 is 0 Å². The quantitative estimate of drug-likeness (QED) is 0.568. The van der Waals surface area contributed by atoms with Crippen molar-refractivity contribution in [3.63, 3.8) is 0 Å². The molecule has 2 nitrogen and oxygen atoms in total. The van der Waals surface area contributed by atoms with Gasteiger partial charge in [0.1, 0.15) is 0 Å². The van der Waals surface area contributed by atoms with Crippen LogP contribution in [0.25, 0.3) is 0 Å².